The van der Waals surface area contributed by atoms with Crippen molar-refractivity contribution in [2.24, 2.45) is 11.3 Å². The Kier molecular flexibility index (Phi) is 6.62. The van der Waals surface area contributed by atoms with Crippen LogP contribution in [0.2, 0.25) is 0 Å². The predicted molar refractivity (Wildman–Crippen MR) is 63.7 cm³/mol. The van der Waals surface area contributed by atoms with Gasteiger partial charge in [-0.25, -0.2) is 0 Å². The SMILES string of the molecule is CC(=O)OCCC(C)CCCC(C)(C)C. The van der Waals surface area contributed by atoms with Crippen molar-refractivity contribution < 1.29 is 9.53 Å². The molecule has 90 valence electrons. The molecule has 0 bridgehead atoms. The van der Waals surface area contributed by atoms with Crippen LogP contribution in [0.1, 0.15) is 60.3 Å². The highest BCUT2D eigenvalue weighted by atomic mass is 16.5. The molecule has 0 aliphatic rings. The third-order valence-corrected chi connectivity index (χ3v) is 2.54. The lowest BCUT2D eigenvalue weighted by atomic mass is 9.88. The normalized spacial score (nSPS) is 13.7. The topological polar surface area (TPSA) is 26.3 Å². The van der Waals surface area contributed by atoms with Crippen molar-refractivity contribution in [1.82, 2.24) is 0 Å². The quantitative estimate of drug-likeness (QED) is 0.629. The Hall–Kier alpha value is -0.530. The van der Waals surface area contributed by atoms with Crippen LogP contribution in [0.5, 0.6) is 0 Å². The van der Waals surface area contributed by atoms with Crippen LogP contribution < -0.4 is 0 Å². The van der Waals surface area contributed by atoms with Gasteiger partial charge >= 0.3 is 5.97 Å². The largest absolute Gasteiger partial charge is 0.466 e. The molecule has 15 heavy (non-hydrogen) atoms. The van der Waals surface area contributed by atoms with Gasteiger partial charge in [0, 0.05) is 6.92 Å². The molecule has 1 atom stereocenters. The summed E-state index contributed by atoms with van der Waals surface area (Å²) >= 11 is 0. The fourth-order valence-electron chi connectivity index (χ4n) is 1.53. The molecular formula is C13H26O2. The lowest BCUT2D eigenvalue weighted by molar-refractivity contribution is -0.141. The van der Waals surface area contributed by atoms with E-state index in [1.54, 1.807) is 0 Å². The van der Waals surface area contributed by atoms with Crippen LogP contribution in [0.25, 0.3) is 0 Å². The Balaban J connectivity index is 3.41. The first-order chi connectivity index (χ1) is 6.81. The summed E-state index contributed by atoms with van der Waals surface area (Å²) in [4.78, 5) is 10.5. The van der Waals surface area contributed by atoms with Crippen LogP contribution in [-0.4, -0.2) is 12.6 Å². The molecule has 0 saturated heterocycles. The number of ether oxygens (including phenoxy) is 1. The molecule has 0 aliphatic heterocycles. The van der Waals surface area contributed by atoms with Crippen LogP contribution in [-0.2, 0) is 9.53 Å². The minimum Gasteiger partial charge on any atom is -0.466 e. The minimum absolute atomic E-state index is 0.170. The molecule has 0 N–H and O–H groups in total. The first-order valence-electron chi connectivity index (χ1n) is 5.94. The molecular weight excluding hydrogens is 188 g/mol. The van der Waals surface area contributed by atoms with Crippen molar-refractivity contribution in [3.05, 3.63) is 0 Å². The highest BCUT2D eigenvalue weighted by Crippen LogP contribution is 2.23. The van der Waals surface area contributed by atoms with Gasteiger partial charge in [-0.05, 0) is 24.2 Å². The third kappa shape index (κ3) is 11.4. The van der Waals surface area contributed by atoms with E-state index in [9.17, 15) is 4.79 Å². The summed E-state index contributed by atoms with van der Waals surface area (Å²) in [6, 6.07) is 0. The summed E-state index contributed by atoms with van der Waals surface area (Å²) in [6.07, 6.45) is 4.76. The summed E-state index contributed by atoms with van der Waals surface area (Å²) in [6.45, 7) is 11.1. The molecule has 0 heterocycles. The maximum absolute atomic E-state index is 10.5. The van der Waals surface area contributed by atoms with Gasteiger partial charge in [-0.15, -0.1) is 0 Å². The number of carbonyl (C=O) groups is 1. The molecule has 0 spiro atoms. The van der Waals surface area contributed by atoms with Crippen molar-refractivity contribution in [2.45, 2.75) is 60.3 Å². The highest BCUT2D eigenvalue weighted by molar-refractivity contribution is 5.65. The van der Waals surface area contributed by atoms with Crippen molar-refractivity contribution in [3.63, 3.8) is 0 Å². The van der Waals surface area contributed by atoms with Gasteiger partial charge in [0.05, 0.1) is 6.61 Å². The van der Waals surface area contributed by atoms with Crippen molar-refractivity contribution >= 4 is 5.97 Å². The van der Waals surface area contributed by atoms with Gasteiger partial charge in [0.2, 0.25) is 0 Å². The van der Waals surface area contributed by atoms with Gasteiger partial charge in [0.1, 0.15) is 0 Å². The summed E-state index contributed by atoms with van der Waals surface area (Å²) < 4.78 is 4.92. The van der Waals surface area contributed by atoms with Crippen LogP contribution >= 0.6 is 0 Å². The van der Waals surface area contributed by atoms with Crippen LogP contribution in [0, 0.1) is 11.3 Å². The third-order valence-electron chi connectivity index (χ3n) is 2.54. The number of rotatable bonds is 6. The second kappa shape index (κ2) is 6.86. The van der Waals surface area contributed by atoms with Crippen molar-refractivity contribution in [1.29, 1.82) is 0 Å². The fourth-order valence-corrected chi connectivity index (χ4v) is 1.53. The Bertz CT molecular complexity index is 179. The first-order valence-corrected chi connectivity index (χ1v) is 5.94. The Morgan fingerprint density at radius 2 is 1.87 bits per heavy atom. The van der Waals surface area contributed by atoms with Gasteiger partial charge in [0.15, 0.2) is 0 Å². The smallest absolute Gasteiger partial charge is 0.302 e. The van der Waals surface area contributed by atoms with Crippen LogP contribution in [0.4, 0.5) is 0 Å². The zero-order valence-corrected chi connectivity index (χ0v) is 10.9. The van der Waals surface area contributed by atoms with Gasteiger partial charge in [0.25, 0.3) is 0 Å². The Labute approximate surface area is 94.4 Å². The number of hydrogen-bond acceptors (Lipinski definition) is 2. The lowest BCUT2D eigenvalue weighted by Crippen LogP contribution is -2.08. The molecule has 0 aromatic carbocycles. The molecule has 0 rings (SSSR count). The second-order valence-electron chi connectivity index (χ2n) is 5.69. The second-order valence-corrected chi connectivity index (χ2v) is 5.69. The summed E-state index contributed by atoms with van der Waals surface area (Å²) in [5.41, 5.74) is 0.440. The van der Waals surface area contributed by atoms with Crippen LogP contribution in [0.15, 0.2) is 0 Å². The lowest BCUT2D eigenvalue weighted by Gasteiger charge is -2.19. The molecule has 2 nitrogen and oxygen atoms in total. The maximum atomic E-state index is 10.5. The number of carbonyl (C=O) groups excluding carboxylic acids is 1. The Morgan fingerprint density at radius 1 is 1.27 bits per heavy atom. The standard InChI is InChI=1S/C13H26O2/c1-11(8-10-15-12(2)14)7-6-9-13(3,4)5/h11H,6-10H2,1-5H3. The average molecular weight is 214 g/mol. The van der Waals surface area contributed by atoms with E-state index in [1.807, 2.05) is 0 Å². The molecule has 0 aromatic rings. The number of hydrogen-bond donors (Lipinski definition) is 0. The molecule has 0 saturated carbocycles. The predicted octanol–water partition coefficient (Wildman–Crippen LogP) is 3.79. The fraction of sp³-hybridized carbons (Fsp3) is 0.923. The van der Waals surface area contributed by atoms with E-state index in [-0.39, 0.29) is 5.97 Å². The average Bonchev–Trinajstić information content (AvgIpc) is 2.00. The molecule has 0 aliphatic carbocycles. The zero-order valence-electron chi connectivity index (χ0n) is 10.9. The van der Waals surface area contributed by atoms with E-state index >= 15 is 0 Å². The van der Waals surface area contributed by atoms with E-state index in [0.717, 1.165) is 6.42 Å². The van der Waals surface area contributed by atoms with Crippen molar-refractivity contribution in [2.75, 3.05) is 6.61 Å². The van der Waals surface area contributed by atoms with E-state index in [4.69, 9.17) is 4.74 Å². The van der Waals surface area contributed by atoms with Crippen LogP contribution in [0.3, 0.4) is 0 Å². The van der Waals surface area contributed by atoms with Crippen molar-refractivity contribution in [3.8, 4) is 0 Å². The molecule has 0 aromatic heterocycles. The maximum Gasteiger partial charge on any atom is 0.302 e. The van der Waals surface area contributed by atoms with E-state index in [0.29, 0.717) is 17.9 Å². The van der Waals surface area contributed by atoms with Gasteiger partial charge in [-0.3, -0.25) is 4.79 Å². The minimum atomic E-state index is -0.170. The molecule has 0 fully saturated rings. The summed E-state index contributed by atoms with van der Waals surface area (Å²) in [5.74, 6) is 0.489. The van der Waals surface area contributed by atoms with Gasteiger partial charge in [-0.1, -0.05) is 40.5 Å². The number of esters is 1. The van der Waals surface area contributed by atoms with Gasteiger partial charge in [-0.2, -0.15) is 0 Å². The van der Waals surface area contributed by atoms with Gasteiger partial charge < -0.3 is 4.74 Å². The Morgan fingerprint density at radius 3 is 2.33 bits per heavy atom. The molecule has 1 unspecified atom stereocenters. The highest BCUT2D eigenvalue weighted by Gasteiger charge is 2.11. The molecule has 2 heteroatoms. The zero-order chi connectivity index (χ0) is 11.9. The first kappa shape index (κ1) is 14.5. The van der Waals surface area contributed by atoms with E-state index < -0.39 is 0 Å². The molecule has 0 amide bonds. The molecule has 0 radical (unpaired) electrons. The van der Waals surface area contributed by atoms with E-state index in [2.05, 4.69) is 27.7 Å². The summed E-state index contributed by atoms with van der Waals surface area (Å²) in [5, 5.41) is 0. The monoisotopic (exact) mass is 214 g/mol. The summed E-state index contributed by atoms with van der Waals surface area (Å²) in [7, 11) is 0. The van der Waals surface area contributed by atoms with E-state index in [1.165, 1.54) is 26.2 Å².